The third-order valence-corrected chi connectivity index (χ3v) is 7.37. The quantitative estimate of drug-likeness (QED) is 0.214. The molecule has 40 heavy (non-hydrogen) atoms. The predicted octanol–water partition coefficient (Wildman–Crippen LogP) is 10.8. The molecule has 0 amide bonds. The van der Waals surface area contributed by atoms with Crippen molar-refractivity contribution in [1.82, 2.24) is 4.98 Å². The van der Waals surface area contributed by atoms with Crippen LogP contribution in [0.3, 0.4) is 0 Å². The van der Waals surface area contributed by atoms with E-state index in [-0.39, 0.29) is 27.8 Å². The summed E-state index contributed by atoms with van der Waals surface area (Å²) in [6.45, 7) is 0.00332. The van der Waals surface area contributed by atoms with Gasteiger partial charge >= 0.3 is 0 Å². The van der Waals surface area contributed by atoms with Crippen LogP contribution < -0.4 is 0 Å². The molecular weight excluding hydrogens is 486 g/mol. The summed E-state index contributed by atoms with van der Waals surface area (Å²) in [6, 6.07) is 28.3. The summed E-state index contributed by atoms with van der Waals surface area (Å²) in [4.78, 5) is 4.58. The van der Waals surface area contributed by atoms with Crippen molar-refractivity contribution in [2.75, 3.05) is 0 Å². The Labute approximate surface area is 246 Å². The van der Waals surface area contributed by atoms with Gasteiger partial charge in [0.15, 0.2) is 0 Å². The van der Waals surface area contributed by atoms with E-state index in [1.807, 2.05) is 36.4 Å². The van der Waals surface area contributed by atoms with Gasteiger partial charge in [0.1, 0.15) is 11.2 Å². The van der Waals surface area contributed by atoms with Crippen LogP contribution in [0.15, 0.2) is 102 Å². The van der Waals surface area contributed by atoms with Crippen LogP contribution in [0.4, 0.5) is 0 Å². The van der Waals surface area contributed by atoms with E-state index in [0.29, 0.717) is 22.4 Å². The van der Waals surface area contributed by atoms with Gasteiger partial charge < -0.3 is 4.42 Å². The van der Waals surface area contributed by atoms with Crippen LogP contribution in [0.1, 0.15) is 48.4 Å². The molecule has 0 aliphatic heterocycles. The Hall–Kier alpha value is -4.43. The summed E-state index contributed by atoms with van der Waals surface area (Å²) in [5, 5.41) is 6.20. The monoisotopic (exact) mass is 527 g/mol. The zero-order valence-electron chi connectivity index (χ0n) is 30.6. The second-order valence-electron chi connectivity index (χ2n) is 11.4. The normalized spacial score (nSPS) is 16.2. The van der Waals surface area contributed by atoms with Crippen molar-refractivity contribution >= 4 is 43.5 Å². The Balaban J connectivity index is 1.46. The minimum atomic E-state index is -2.65. The number of para-hydroxylation sites is 1. The van der Waals surface area contributed by atoms with E-state index in [9.17, 15) is 0 Å². The molecule has 0 unspecified atom stereocenters. The summed E-state index contributed by atoms with van der Waals surface area (Å²) in [6.07, 6.45) is -0.568. The number of benzene rings is 5. The predicted molar refractivity (Wildman–Crippen MR) is 170 cm³/mol. The smallest absolute Gasteiger partial charge is 0.144 e. The molecule has 7 aromatic rings. The molecule has 0 saturated carbocycles. The number of hydrogen-bond donors (Lipinski definition) is 0. The van der Waals surface area contributed by atoms with Crippen molar-refractivity contribution in [3.05, 3.63) is 114 Å². The van der Waals surface area contributed by atoms with E-state index in [2.05, 4.69) is 35.3 Å². The molecule has 0 aliphatic carbocycles. The largest absolute Gasteiger partial charge is 0.455 e. The van der Waals surface area contributed by atoms with Crippen molar-refractivity contribution in [2.24, 2.45) is 5.41 Å². The van der Waals surface area contributed by atoms with Crippen LogP contribution in [0.2, 0.25) is 0 Å². The highest BCUT2D eigenvalue weighted by Gasteiger charge is 2.17. The molecule has 0 aliphatic rings. The third-order valence-electron chi connectivity index (χ3n) is 7.37. The molecule has 0 spiro atoms. The average Bonchev–Trinajstić information content (AvgIpc) is 3.39. The van der Waals surface area contributed by atoms with E-state index >= 15 is 0 Å². The zero-order valence-corrected chi connectivity index (χ0v) is 22.6. The molecule has 0 bridgehead atoms. The number of aryl methyl sites for hydroxylation is 2. The minimum Gasteiger partial charge on any atom is -0.455 e. The van der Waals surface area contributed by atoms with Gasteiger partial charge in [0.25, 0.3) is 0 Å². The third kappa shape index (κ3) is 4.16. The Bertz CT molecular complexity index is 2390. The lowest BCUT2D eigenvalue weighted by molar-refractivity contribution is 0.411. The van der Waals surface area contributed by atoms with Gasteiger partial charge in [0, 0.05) is 33.5 Å². The van der Waals surface area contributed by atoms with Gasteiger partial charge in [-0.1, -0.05) is 87.5 Å². The fraction of sp³-hybridized carbons (Fsp3) is 0.184. The first-order chi connectivity index (χ1) is 22.4. The number of rotatable bonds is 3. The van der Waals surface area contributed by atoms with Gasteiger partial charge in [-0.2, -0.15) is 0 Å². The molecule has 7 rings (SSSR count). The lowest BCUT2D eigenvalue weighted by atomic mass is 9.86. The average molecular weight is 528 g/mol. The van der Waals surface area contributed by atoms with Crippen LogP contribution in [-0.2, 0) is 6.37 Å². The molecule has 2 heteroatoms. The van der Waals surface area contributed by atoms with Crippen molar-refractivity contribution in [2.45, 2.75) is 40.8 Å². The van der Waals surface area contributed by atoms with E-state index < -0.39 is 25.5 Å². The molecule has 0 saturated heterocycles. The van der Waals surface area contributed by atoms with Gasteiger partial charge in [-0.25, -0.2) is 0 Å². The highest BCUT2D eigenvalue weighted by atomic mass is 16.3. The molecule has 0 atom stereocenters. The maximum absolute atomic E-state index is 8.76. The number of furan rings is 1. The number of hydrogen-bond acceptors (Lipinski definition) is 2. The number of fused-ring (bicyclic) bond motifs is 6. The molecule has 2 heterocycles. The molecule has 5 aromatic carbocycles. The highest BCUT2D eigenvalue weighted by molar-refractivity contribution is 6.17. The highest BCUT2D eigenvalue weighted by Crippen LogP contribution is 2.40. The number of pyridine rings is 1. The van der Waals surface area contributed by atoms with E-state index in [4.69, 9.17) is 15.4 Å². The first kappa shape index (κ1) is 17.3. The first-order valence-corrected chi connectivity index (χ1v) is 13.4. The molecule has 2 nitrogen and oxygen atoms in total. The summed E-state index contributed by atoms with van der Waals surface area (Å²) >= 11 is 0. The summed E-state index contributed by atoms with van der Waals surface area (Å²) < 4.78 is 74.1. The maximum Gasteiger partial charge on any atom is 0.144 e. The topological polar surface area (TPSA) is 26.0 Å². The summed E-state index contributed by atoms with van der Waals surface area (Å²) in [7, 11) is 0. The lowest BCUT2D eigenvalue weighted by Gasteiger charge is -2.19. The molecule has 0 fully saturated rings. The van der Waals surface area contributed by atoms with Crippen molar-refractivity contribution in [3.63, 3.8) is 0 Å². The van der Waals surface area contributed by atoms with Gasteiger partial charge in [-0.15, -0.1) is 0 Å². The molecular formula is C38H33NO. The lowest BCUT2D eigenvalue weighted by Crippen LogP contribution is -2.09. The zero-order chi connectivity index (χ0) is 34.4. The van der Waals surface area contributed by atoms with Gasteiger partial charge in [0.2, 0.25) is 0 Å². The van der Waals surface area contributed by atoms with Crippen molar-refractivity contribution in [3.8, 4) is 22.4 Å². The van der Waals surface area contributed by atoms with E-state index in [1.54, 1.807) is 32.9 Å². The first-order valence-electron chi connectivity index (χ1n) is 17.4. The SMILES string of the molecule is [2H]C([2H])([2H])c1cnc(-c2cccc3c2oc2cc4c(ccc5ccccc54)cc23)cc1-c1ccc(C([2H])([2H])C(C)(C)C)cc1C([2H])([2H])[2H]. The van der Waals surface area contributed by atoms with Gasteiger partial charge in [-0.3, -0.25) is 4.98 Å². The van der Waals surface area contributed by atoms with Crippen LogP contribution >= 0.6 is 0 Å². The standard InChI is InChI=1S/C38H33NO/c1-23-17-25(21-38(3,4)5)13-16-28(23)32-19-35(39-22-24(32)2)31-12-8-11-30-34-18-27-15-14-26-9-6-7-10-29(26)33(27)20-36(34)40-37(30)31/h6-20,22H,21H2,1-5H3/i1D3,2D3,21D2. The van der Waals surface area contributed by atoms with Crippen molar-refractivity contribution < 1.29 is 15.4 Å². The fourth-order valence-electron chi connectivity index (χ4n) is 5.62. The van der Waals surface area contributed by atoms with Crippen LogP contribution in [0.5, 0.6) is 0 Å². The molecule has 196 valence electrons. The fourth-order valence-corrected chi connectivity index (χ4v) is 5.62. The Morgan fingerprint density at radius 2 is 1.52 bits per heavy atom. The second kappa shape index (κ2) is 9.06. The van der Waals surface area contributed by atoms with Crippen molar-refractivity contribution in [1.29, 1.82) is 0 Å². The Kier molecular flexibility index (Phi) is 3.92. The van der Waals surface area contributed by atoms with Crippen LogP contribution in [0, 0.1) is 19.1 Å². The number of aromatic nitrogens is 1. The van der Waals surface area contributed by atoms with E-state index in [0.717, 1.165) is 32.3 Å². The Morgan fingerprint density at radius 3 is 2.38 bits per heavy atom. The molecule has 0 N–H and O–H groups in total. The van der Waals surface area contributed by atoms with Crippen LogP contribution in [-0.4, -0.2) is 4.98 Å². The van der Waals surface area contributed by atoms with Gasteiger partial charge in [-0.05, 0) is 99.1 Å². The maximum atomic E-state index is 8.76. The summed E-state index contributed by atoms with van der Waals surface area (Å²) in [5.41, 5.74) is 1.88. The molecule has 2 aromatic heterocycles. The van der Waals surface area contributed by atoms with Crippen LogP contribution in [0.25, 0.3) is 65.9 Å². The minimum absolute atomic E-state index is 0.0989. The second-order valence-corrected chi connectivity index (χ2v) is 11.4. The Morgan fingerprint density at radius 1 is 0.700 bits per heavy atom. The number of nitrogens with zero attached hydrogens (tertiary/aromatic N) is 1. The van der Waals surface area contributed by atoms with Gasteiger partial charge in [0.05, 0.1) is 5.69 Å². The summed E-state index contributed by atoms with van der Waals surface area (Å²) in [5.74, 6) is 0. The molecule has 0 radical (unpaired) electrons. The van der Waals surface area contributed by atoms with E-state index in [1.165, 1.54) is 18.3 Å².